The molecule has 0 fully saturated rings. The summed E-state index contributed by atoms with van der Waals surface area (Å²) in [6.45, 7) is -2.56. The van der Waals surface area contributed by atoms with E-state index in [0.717, 1.165) is 5.56 Å². The molecule has 132 valence electrons. The topological polar surface area (TPSA) is 56.8 Å². The zero-order valence-electron chi connectivity index (χ0n) is 13.3. The molecule has 0 atom stereocenters. The first kappa shape index (κ1) is 17.0. The van der Waals surface area contributed by atoms with Crippen LogP contribution in [-0.4, -0.2) is 19.3 Å². The van der Waals surface area contributed by atoms with E-state index in [2.05, 4.69) is 10.1 Å². The number of para-hydroxylation sites is 1. The van der Waals surface area contributed by atoms with Crippen molar-refractivity contribution in [1.82, 2.24) is 5.32 Å². The van der Waals surface area contributed by atoms with E-state index in [1.807, 2.05) is 18.2 Å². The second-order valence-corrected chi connectivity index (χ2v) is 5.45. The lowest BCUT2D eigenvalue weighted by Gasteiger charge is -2.11. The molecular weight excluding hydrogens is 332 g/mol. The number of rotatable bonds is 7. The molecule has 0 spiro atoms. The van der Waals surface area contributed by atoms with E-state index in [-0.39, 0.29) is 31.4 Å². The summed E-state index contributed by atoms with van der Waals surface area (Å²) < 4.78 is 39.7. The fraction of sp³-hybridized carbons (Fsp3) is 0.278. The van der Waals surface area contributed by atoms with Crippen molar-refractivity contribution in [3.05, 3.63) is 53.6 Å². The molecule has 3 rings (SSSR count). The molecule has 0 saturated carbocycles. The van der Waals surface area contributed by atoms with Crippen molar-refractivity contribution in [2.45, 2.75) is 26.0 Å². The summed E-state index contributed by atoms with van der Waals surface area (Å²) in [4.78, 5) is 12.0. The number of hydrogen-bond donors (Lipinski definition) is 1. The van der Waals surface area contributed by atoms with Gasteiger partial charge in [0.2, 0.25) is 12.7 Å². The predicted octanol–water partition coefficient (Wildman–Crippen LogP) is 3.27. The minimum absolute atomic E-state index is 0.0635. The minimum Gasteiger partial charge on any atom is -0.454 e. The maximum Gasteiger partial charge on any atom is 0.387 e. The number of benzene rings is 2. The van der Waals surface area contributed by atoms with Crippen LogP contribution in [0.25, 0.3) is 0 Å². The molecule has 1 heterocycles. The largest absolute Gasteiger partial charge is 0.454 e. The molecule has 0 radical (unpaired) electrons. The standard InChI is InChI=1S/C18H17F2NO4/c19-18(20)25-14-4-2-1-3-13(14)10-21-17(22)8-6-12-5-7-15-16(9-12)24-11-23-15/h1-5,7,9,18H,6,8,10-11H2,(H,21,22). The van der Waals surface area contributed by atoms with Crippen molar-refractivity contribution in [3.63, 3.8) is 0 Å². The van der Waals surface area contributed by atoms with Crippen LogP contribution in [0.1, 0.15) is 17.5 Å². The highest BCUT2D eigenvalue weighted by Gasteiger charge is 2.14. The normalized spacial score (nSPS) is 12.3. The average molecular weight is 349 g/mol. The minimum atomic E-state index is -2.90. The Morgan fingerprint density at radius 3 is 2.80 bits per heavy atom. The van der Waals surface area contributed by atoms with Crippen LogP contribution in [0.3, 0.4) is 0 Å². The summed E-state index contributed by atoms with van der Waals surface area (Å²) >= 11 is 0. The van der Waals surface area contributed by atoms with E-state index in [4.69, 9.17) is 9.47 Å². The lowest BCUT2D eigenvalue weighted by Crippen LogP contribution is -2.23. The Morgan fingerprint density at radius 1 is 1.16 bits per heavy atom. The maximum absolute atomic E-state index is 12.4. The molecule has 1 amide bonds. The van der Waals surface area contributed by atoms with Gasteiger partial charge in [-0.15, -0.1) is 0 Å². The summed E-state index contributed by atoms with van der Waals surface area (Å²) in [7, 11) is 0. The van der Waals surface area contributed by atoms with Crippen molar-refractivity contribution in [2.75, 3.05) is 6.79 Å². The van der Waals surface area contributed by atoms with Crippen molar-refractivity contribution < 1.29 is 27.8 Å². The van der Waals surface area contributed by atoms with Gasteiger partial charge < -0.3 is 19.5 Å². The zero-order chi connectivity index (χ0) is 17.6. The van der Waals surface area contributed by atoms with E-state index < -0.39 is 6.61 Å². The fourth-order valence-electron chi connectivity index (χ4n) is 2.50. The van der Waals surface area contributed by atoms with E-state index >= 15 is 0 Å². The Morgan fingerprint density at radius 2 is 1.96 bits per heavy atom. The highest BCUT2D eigenvalue weighted by molar-refractivity contribution is 5.76. The highest BCUT2D eigenvalue weighted by atomic mass is 19.3. The van der Waals surface area contributed by atoms with Crippen molar-refractivity contribution in [1.29, 1.82) is 0 Å². The van der Waals surface area contributed by atoms with E-state index in [1.54, 1.807) is 18.2 Å². The van der Waals surface area contributed by atoms with Crippen LogP contribution in [0.5, 0.6) is 17.2 Å². The monoisotopic (exact) mass is 349 g/mol. The number of alkyl halides is 2. The number of hydrogen-bond acceptors (Lipinski definition) is 4. The first-order chi connectivity index (χ1) is 12.1. The summed E-state index contributed by atoms with van der Waals surface area (Å²) in [5.74, 6) is 1.26. The molecule has 5 nitrogen and oxygen atoms in total. The Hall–Kier alpha value is -2.83. The first-order valence-electron chi connectivity index (χ1n) is 7.80. The lowest BCUT2D eigenvalue weighted by atomic mass is 10.1. The van der Waals surface area contributed by atoms with Crippen LogP contribution in [0.15, 0.2) is 42.5 Å². The fourth-order valence-corrected chi connectivity index (χ4v) is 2.50. The van der Waals surface area contributed by atoms with Gasteiger partial charge in [-0.05, 0) is 30.2 Å². The zero-order valence-corrected chi connectivity index (χ0v) is 13.3. The second-order valence-electron chi connectivity index (χ2n) is 5.45. The van der Waals surface area contributed by atoms with Crippen molar-refractivity contribution >= 4 is 5.91 Å². The van der Waals surface area contributed by atoms with Gasteiger partial charge in [0.15, 0.2) is 11.5 Å². The number of carbonyl (C=O) groups excluding carboxylic acids is 1. The third-order valence-corrected chi connectivity index (χ3v) is 3.74. The molecule has 7 heteroatoms. The average Bonchev–Trinajstić information content (AvgIpc) is 3.06. The van der Waals surface area contributed by atoms with E-state index in [9.17, 15) is 13.6 Å². The van der Waals surface area contributed by atoms with Gasteiger partial charge in [-0.3, -0.25) is 4.79 Å². The van der Waals surface area contributed by atoms with Crippen LogP contribution >= 0.6 is 0 Å². The van der Waals surface area contributed by atoms with Gasteiger partial charge in [-0.25, -0.2) is 0 Å². The molecule has 0 bridgehead atoms. The lowest BCUT2D eigenvalue weighted by molar-refractivity contribution is -0.121. The molecule has 0 unspecified atom stereocenters. The number of aryl methyl sites for hydroxylation is 1. The third kappa shape index (κ3) is 4.59. The van der Waals surface area contributed by atoms with Gasteiger partial charge in [0.1, 0.15) is 5.75 Å². The molecule has 0 saturated heterocycles. The maximum atomic E-state index is 12.4. The number of nitrogens with one attached hydrogen (secondary N) is 1. The van der Waals surface area contributed by atoms with E-state index in [1.165, 1.54) is 6.07 Å². The van der Waals surface area contributed by atoms with Crippen LogP contribution in [0.2, 0.25) is 0 Å². The molecule has 0 aromatic heterocycles. The molecule has 1 N–H and O–H groups in total. The Labute approximate surface area is 143 Å². The summed E-state index contributed by atoms with van der Waals surface area (Å²) in [6.07, 6.45) is 0.815. The van der Waals surface area contributed by atoms with Crippen LogP contribution in [0, 0.1) is 0 Å². The summed E-state index contributed by atoms with van der Waals surface area (Å²) in [6, 6.07) is 11.9. The number of amides is 1. The number of halogens is 2. The molecule has 25 heavy (non-hydrogen) atoms. The molecule has 1 aliphatic rings. The summed E-state index contributed by atoms with van der Waals surface area (Å²) in [5.41, 5.74) is 1.46. The quantitative estimate of drug-likeness (QED) is 0.834. The number of ether oxygens (including phenoxy) is 3. The molecular formula is C18H17F2NO4. The van der Waals surface area contributed by atoms with Gasteiger partial charge in [0.05, 0.1) is 0 Å². The SMILES string of the molecule is O=C(CCc1ccc2c(c1)OCO2)NCc1ccccc1OC(F)F. The number of fused-ring (bicyclic) bond motifs is 1. The molecule has 0 aliphatic carbocycles. The van der Waals surface area contributed by atoms with E-state index in [0.29, 0.717) is 23.5 Å². The Bertz CT molecular complexity index is 752. The smallest absolute Gasteiger partial charge is 0.387 e. The molecule has 1 aliphatic heterocycles. The molecule has 2 aromatic rings. The first-order valence-corrected chi connectivity index (χ1v) is 7.80. The van der Waals surface area contributed by atoms with Gasteiger partial charge >= 0.3 is 6.61 Å². The Kier molecular flexibility index (Phi) is 5.33. The van der Waals surface area contributed by atoms with Gasteiger partial charge in [0, 0.05) is 18.5 Å². The molecule has 2 aromatic carbocycles. The van der Waals surface area contributed by atoms with Crippen molar-refractivity contribution in [2.24, 2.45) is 0 Å². The van der Waals surface area contributed by atoms with Crippen molar-refractivity contribution in [3.8, 4) is 17.2 Å². The van der Waals surface area contributed by atoms with Gasteiger partial charge in [-0.2, -0.15) is 8.78 Å². The second kappa shape index (κ2) is 7.83. The summed E-state index contributed by atoms with van der Waals surface area (Å²) in [5, 5.41) is 2.72. The van der Waals surface area contributed by atoms with Crippen LogP contribution < -0.4 is 19.5 Å². The van der Waals surface area contributed by atoms with Gasteiger partial charge in [0.25, 0.3) is 0 Å². The van der Waals surface area contributed by atoms with Crippen LogP contribution in [0.4, 0.5) is 8.78 Å². The number of carbonyl (C=O) groups is 1. The van der Waals surface area contributed by atoms with Crippen LogP contribution in [-0.2, 0) is 17.8 Å². The van der Waals surface area contributed by atoms with Gasteiger partial charge in [-0.1, -0.05) is 24.3 Å². The Balaban J connectivity index is 1.50. The third-order valence-electron chi connectivity index (χ3n) is 3.74. The highest BCUT2D eigenvalue weighted by Crippen LogP contribution is 2.32. The predicted molar refractivity (Wildman–Crippen MR) is 85.8 cm³/mol.